The van der Waals surface area contributed by atoms with Gasteiger partial charge in [-0.2, -0.15) is 0 Å². The first-order chi connectivity index (χ1) is 18.9. The highest BCUT2D eigenvalue weighted by Crippen LogP contribution is 2.57. The first kappa shape index (κ1) is 25.0. The van der Waals surface area contributed by atoms with E-state index >= 15 is 0 Å². The molecule has 1 saturated heterocycles. The lowest BCUT2D eigenvalue weighted by Gasteiger charge is -2.33. The molecule has 2 aliphatic rings. The van der Waals surface area contributed by atoms with Gasteiger partial charge in [0.25, 0.3) is 0 Å². The van der Waals surface area contributed by atoms with Crippen molar-refractivity contribution < 1.29 is 9.59 Å². The van der Waals surface area contributed by atoms with E-state index in [9.17, 15) is 9.59 Å². The maximum absolute atomic E-state index is 14.4. The van der Waals surface area contributed by atoms with E-state index in [1.165, 1.54) is 5.56 Å². The molecule has 1 aromatic heterocycles. The van der Waals surface area contributed by atoms with Gasteiger partial charge in [-0.05, 0) is 53.6 Å². The Bertz CT molecular complexity index is 1510. The quantitative estimate of drug-likeness (QED) is 0.348. The van der Waals surface area contributed by atoms with Gasteiger partial charge in [-0.25, -0.2) is 4.68 Å². The molecule has 7 heteroatoms. The lowest BCUT2D eigenvalue weighted by atomic mass is 9.72. The van der Waals surface area contributed by atoms with Gasteiger partial charge in [-0.1, -0.05) is 79.7 Å². The van der Waals surface area contributed by atoms with Gasteiger partial charge in [-0.3, -0.25) is 9.59 Å². The summed E-state index contributed by atoms with van der Waals surface area (Å²) < 4.78 is 1.78. The van der Waals surface area contributed by atoms with Crippen molar-refractivity contribution >= 4 is 17.5 Å². The van der Waals surface area contributed by atoms with Crippen molar-refractivity contribution in [2.45, 2.75) is 44.6 Å². The Morgan fingerprint density at radius 3 is 2.38 bits per heavy atom. The molecule has 3 aromatic carbocycles. The number of anilines is 1. The fourth-order valence-corrected chi connectivity index (χ4v) is 6.24. The predicted octanol–water partition coefficient (Wildman–Crippen LogP) is 4.90. The molecule has 0 N–H and O–H groups in total. The lowest BCUT2D eigenvalue weighted by molar-refractivity contribution is -0.128. The largest absolute Gasteiger partial charge is 0.337 e. The van der Waals surface area contributed by atoms with Gasteiger partial charge in [0.15, 0.2) is 0 Å². The number of aromatic nitrogens is 3. The normalized spacial score (nSPS) is 20.5. The van der Waals surface area contributed by atoms with Crippen LogP contribution in [-0.4, -0.2) is 45.3 Å². The number of carbonyl (C=O) groups excluding carboxylic acids is 2. The van der Waals surface area contributed by atoms with E-state index in [4.69, 9.17) is 0 Å². The third kappa shape index (κ3) is 4.22. The van der Waals surface area contributed by atoms with Crippen molar-refractivity contribution in [1.29, 1.82) is 0 Å². The highest BCUT2D eigenvalue weighted by molar-refractivity contribution is 6.12. The van der Waals surface area contributed by atoms with Crippen LogP contribution in [0.2, 0.25) is 0 Å². The maximum atomic E-state index is 14.4. The maximum Gasteiger partial charge on any atom is 0.240 e. The monoisotopic (exact) mass is 519 g/mol. The molecule has 0 saturated carbocycles. The van der Waals surface area contributed by atoms with E-state index in [0.29, 0.717) is 6.54 Å². The zero-order valence-corrected chi connectivity index (χ0v) is 22.6. The van der Waals surface area contributed by atoms with Crippen LogP contribution in [0.25, 0.3) is 5.69 Å². The Labute approximate surface area is 229 Å². The molecule has 4 aromatic rings. The summed E-state index contributed by atoms with van der Waals surface area (Å²) in [7, 11) is 1.81. The summed E-state index contributed by atoms with van der Waals surface area (Å²) >= 11 is 0. The number of hydrogen-bond donors (Lipinski definition) is 0. The number of hydrogen-bond acceptors (Lipinski definition) is 4. The zero-order valence-electron chi connectivity index (χ0n) is 22.6. The van der Waals surface area contributed by atoms with E-state index in [1.807, 2.05) is 84.9 Å². The van der Waals surface area contributed by atoms with E-state index in [0.717, 1.165) is 41.0 Å². The number of likely N-dealkylation sites (tertiary alicyclic amines) is 1. The Morgan fingerprint density at radius 1 is 0.949 bits per heavy atom. The SMILES string of the molecule is CC(C)CN1C(=O)[C@]2(CC(=O)N(C)C2c2ccccc2)c2cc(-n3cc(CCc4ccccc4)nn3)ccc21. The minimum atomic E-state index is -0.996. The second-order valence-corrected chi connectivity index (χ2v) is 11.1. The van der Waals surface area contributed by atoms with Gasteiger partial charge >= 0.3 is 0 Å². The molecule has 6 rings (SSSR count). The Hall–Kier alpha value is -4.26. The molecule has 2 aliphatic heterocycles. The molecule has 39 heavy (non-hydrogen) atoms. The highest BCUT2D eigenvalue weighted by Gasteiger charge is 2.62. The van der Waals surface area contributed by atoms with Gasteiger partial charge < -0.3 is 9.80 Å². The number of benzene rings is 3. The van der Waals surface area contributed by atoms with E-state index in [-0.39, 0.29) is 30.2 Å². The van der Waals surface area contributed by atoms with Gasteiger partial charge in [0.05, 0.1) is 23.6 Å². The fraction of sp³-hybridized carbons (Fsp3) is 0.312. The summed E-state index contributed by atoms with van der Waals surface area (Å²) in [5.41, 5.74) is 4.74. The second-order valence-electron chi connectivity index (χ2n) is 11.1. The molecular formula is C32H33N5O2. The van der Waals surface area contributed by atoms with Crippen LogP contribution in [0.15, 0.2) is 85.1 Å². The van der Waals surface area contributed by atoms with E-state index < -0.39 is 5.41 Å². The van der Waals surface area contributed by atoms with Crippen molar-refractivity contribution in [3.63, 3.8) is 0 Å². The molecular weight excluding hydrogens is 486 g/mol. The first-order valence-electron chi connectivity index (χ1n) is 13.6. The molecule has 1 spiro atoms. The van der Waals surface area contributed by atoms with Crippen molar-refractivity contribution in [3.8, 4) is 5.69 Å². The number of nitrogens with zero attached hydrogens (tertiary/aromatic N) is 5. The van der Waals surface area contributed by atoms with Crippen LogP contribution in [0.1, 0.15) is 48.7 Å². The first-order valence-corrected chi connectivity index (χ1v) is 13.6. The van der Waals surface area contributed by atoms with Crippen LogP contribution in [0, 0.1) is 5.92 Å². The van der Waals surface area contributed by atoms with Gasteiger partial charge in [-0.15, -0.1) is 5.10 Å². The number of likely N-dealkylation sites (N-methyl/N-ethyl adjacent to an activating group) is 1. The predicted molar refractivity (Wildman–Crippen MR) is 151 cm³/mol. The van der Waals surface area contributed by atoms with E-state index in [1.54, 1.807) is 9.58 Å². The molecule has 2 atom stereocenters. The van der Waals surface area contributed by atoms with Crippen molar-refractivity contribution in [2.24, 2.45) is 5.92 Å². The third-order valence-electron chi connectivity index (χ3n) is 8.04. The van der Waals surface area contributed by atoms with Crippen LogP contribution in [-0.2, 0) is 27.8 Å². The van der Waals surface area contributed by atoms with Gasteiger partial charge in [0.1, 0.15) is 5.41 Å². The zero-order chi connectivity index (χ0) is 27.1. The van der Waals surface area contributed by atoms with Crippen LogP contribution < -0.4 is 4.90 Å². The molecule has 198 valence electrons. The summed E-state index contributed by atoms with van der Waals surface area (Å²) in [6.07, 6.45) is 3.78. The number of fused-ring (bicyclic) bond motifs is 2. The van der Waals surface area contributed by atoms with E-state index in [2.05, 4.69) is 36.3 Å². The average molecular weight is 520 g/mol. The molecule has 3 heterocycles. The smallest absolute Gasteiger partial charge is 0.240 e. The molecule has 2 amide bonds. The minimum absolute atomic E-state index is 0.00274. The van der Waals surface area contributed by atoms with Crippen LogP contribution in [0.5, 0.6) is 0 Å². The van der Waals surface area contributed by atoms with Crippen LogP contribution in [0.4, 0.5) is 5.69 Å². The van der Waals surface area contributed by atoms with Crippen LogP contribution in [0.3, 0.4) is 0 Å². The van der Waals surface area contributed by atoms with Crippen molar-refractivity contribution in [1.82, 2.24) is 19.9 Å². The molecule has 0 bridgehead atoms. The summed E-state index contributed by atoms with van der Waals surface area (Å²) in [6.45, 7) is 4.82. The summed E-state index contributed by atoms with van der Waals surface area (Å²) in [6, 6.07) is 25.9. The molecule has 7 nitrogen and oxygen atoms in total. The summed E-state index contributed by atoms with van der Waals surface area (Å²) in [4.78, 5) is 31.3. The molecule has 1 unspecified atom stereocenters. The molecule has 1 fully saturated rings. The summed E-state index contributed by atoms with van der Waals surface area (Å²) in [5, 5.41) is 8.84. The standard InChI is InChI=1S/C32H33N5O2/c1-22(2)20-36-28-17-16-26(37-21-25(33-34-37)15-14-23-10-6-4-7-11-23)18-27(28)32(31(36)39)19-29(38)35(3)30(32)24-12-8-5-9-13-24/h4-13,16-18,21-22,30H,14-15,19-20H2,1-3H3/t30?,32-/m1/s1. The van der Waals surface area contributed by atoms with Crippen LogP contribution >= 0.6 is 0 Å². The number of amides is 2. The number of aryl methyl sites for hydroxylation is 2. The molecule has 0 radical (unpaired) electrons. The van der Waals surface area contributed by atoms with Crippen molar-refractivity contribution in [2.75, 3.05) is 18.5 Å². The number of rotatable bonds is 7. The number of carbonyl (C=O) groups is 2. The van der Waals surface area contributed by atoms with Crippen molar-refractivity contribution in [3.05, 3.63) is 107 Å². The van der Waals surface area contributed by atoms with Gasteiger partial charge in [0, 0.05) is 25.7 Å². The molecule has 0 aliphatic carbocycles. The Kier molecular flexibility index (Phi) is 6.29. The Balaban J connectivity index is 1.41. The third-order valence-corrected chi connectivity index (χ3v) is 8.04. The fourth-order valence-electron chi connectivity index (χ4n) is 6.24. The van der Waals surface area contributed by atoms with Gasteiger partial charge in [0.2, 0.25) is 11.8 Å². The summed E-state index contributed by atoms with van der Waals surface area (Å²) in [5.74, 6) is 0.255. The minimum Gasteiger partial charge on any atom is -0.337 e. The second kappa shape index (κ2) is 9.80. The topological polar surface area (TPSA) is 71.3 Å². The average Bonchev–Trinajstić information content (AvgIpc) is 3.59. The lowest BCUT2D eigenvalue weighted by Crippen LogP contribution is -2.45. The highest BCUT2D eigenvalue weighted by atomic mass is 16.2. The Morgan fingerprint density at radius 2 is 1.67 bits per heavy atom.